The van der Waals surface area contributed by atoms with Gasteiger partial charge in [0.2, 0.25) is 0 Å². The van der Waals surface area contributed by atoms with Crippen LogP contribution >= 0.6 is 0 Å². The largest absolute Gasteiger partial charge is 0.542 e. The molecule has 0 aliphatic heterocycles. The van der Waals surface area contributed by atoms with Gasteiger partial charge in [0.25, 0.3) is 0 Å². The SMILES string of the molecule is C[As+](c1ccccc1)(c1ccccc1)c1ccccc1.O=C([O-])C(F)(F)F. The molecule has 0 bridgehead atoms. The van der Waals surface area contributed by atoms with Gasteiger partial charge in [-0.15, -0.1) is 0 Å². The van der Waals surface area contributed by atoms with Crippen molar-refractivity contribution in [2.45, 2.75) is 11.9 Å². The van der Waals surface area contributed by atoms with Crippen LogP contribution in [0.5, 0.6) is 0 Å². The molecule has 0 unspecified atom stereocenters. The number of aliphatic carboxylic acids is 1. The Bertz CT molecular complexity index is 754. The molecule has 2 nitrogen and oxygen atoms in total. The summed E-state index contributed by atoms with van der Waals surface area (Å²) in [5.74, 6) is -3.01. The van der Waals surface area contributed by atoms with Crippen LogP contribution in [0.1, 0.15) is 0 Å². The monoisotopic (exact) mass is 434 g/mol. The standard InChI is InChI=1S/C19H18As.C2HF3O2/c1-20(17-11-5-2-6-12-17,18-13-7-3-8-14-18)19-15-9-4-10-16-19;3-2(4,5)1(6)7/h2-16H,1H3;(H,6,7)/q+1;/p-1. The molecule has 0 spiro atoms. The number of alkyl halides is 3. The number of carboxylic acid groups (broad SMARTS) is 1. The first-order chi connectivity index (χ1) is 12.8. The zero-order chi connectivity index (χ0) is 19.9. The fourth-order valence-electron chi connectivity index (χ4n) is 2.63. The second-order valence-electron chi connectivity index (χ2n) is 5.80. The molecule has 140 valence electrons. The minimum atomic E-state index is -5.19. The van der Waals surface area contributed by atoms with Crippen LogP contribution in [-0.2, 0) is 4.79 Å². The Morgan fingerprint density at radius 2 is 0.926 bits per heavy atom. The van der Waals surface area contributed by atoms with Gasteiger partial charge in [-0.25, -0.2) is 0 Å². The van der Waals surface area contributed by atoms with Crippen LogP contribution in [0.15, 0.2) is 91.0 Å². The number of carbonyl (C=O) groups excluding carboxylic acids is 1. The van der Waals surface area contributed by atoms with Crippen molar-refractivity contribution < 1.29 is 23.1 Å². The van der Waals surface area contributed by atoms with Gasteiger partial charge in [0.1, 0.15) is 5.97 Å². The zero-order valence-electron chi connectivity index (χ0n) is 14.6. The molecule has 0 heterocycles. The third kappa shape index (κ3) is 5.24. The number of halogens is 3. The maximum absolute atomic E-state index is 10.5. The van der Waals surface area contributed by atoms with E-state index in [2.05, 4.69) is 96.7 Å². The minimum absolute atomic E-state index is 1.49. The van der Waals surface area contributed by atoms with Gasteiger partial charge in [-0.2, -0.15) is 13.2 Å². The summed E-state index contributed by atoms with van der Waals surface area (Å²) in [6.07, 6.45) is -5.19. The van der Waals surface area contributed by atoms with E-state index in [4.69, 9.17) is 9.90 Å². The molecule has 3 aromatic carbocycles. The van der Waals surface area contributed by atoms with E-state index >= 15 is 0 Å². The van der Waals surface area contributed by atoms with Crippen molar-refractivity contribution in [1.82, 2.24) is 0 Å². The molecule has 0 saturated carbocycles. The van der Waals surface area contributed by atoms with E-state index in [1.165, 1.54) is 13.1 Å². The molecule has 0 aliphatic carbocycles. The second kappa shape index (κ2) is 8.92. The Kier molecular flexibility index (Phi) is 6.86. The van der Waals surface area contributed by atoms with Gasteiger partial charge < -0.3 is 9.90 Å². The zero-order valence-corrected chi connectivity index (χ0v) is 16.4. The fourth-order valence-corrected chi connectivity index (χ4v) is 9.34. The average Bonchev–Trinajstić information content (AvgIpc) is 2.69. The maximum Gasteiger partial charge on any atom is 0.430 e. The van der Waals surface area contributed by atoms with Crippen LogP contribution in [-0.4, -0.2) is 25.7 Å². The molecule has 0 saturated heterocycles. The van der Waals surface area contributed by atoms with Crippen molar-refractivity contribution in [3.05, 3.63) is 91.0 Å². The third-order valence-electron chi connectivity index (χ3n) is 4.05. The Balaban J connectivity index is 0.000000321. The Labute approximate surface area is 158 Å². The Morgan fingerprint density at radius 1 is 0.704 bits per heavy atom. The normalized spacial score (nSPS) is 11.3. The maximum atomic E-state index is 10.5. The molecular weight excluding hydrogens is 416 g/mol. The molecule has 3 aromatic rings. The molecule has 0 amide bonds. The first-order valence-electron chi connectivity index (χ1n) is 8.08. The van der Waals surface area contributed by atoms with Crippen molar-refractivity contribution in [3.63, 3.8) is 0 Å². The van der Waals surface area contributed by atoms with Crippen molar-refractivity contribution >= 4 is 32.6 Å². The van der Waals surface area contributed by atoms with Crippen LogP contribution < -0.4 is 18.2 Å². The van der Waals surface area contributed by atoms with E-state index in [0.29, 0.717) is 0 Å². The van der Waals surface area contributed by atoms with Gasteiger partial charge in [0, 0.05) is 0 Å². The smallest absolute Gasteiger partial charge is 0.430 e. The van der Waals surface area contributed by atoms with Gasteiger partial charge >= 0.3 is 129 Å². The van der Waals surface area contributed by atoms with E-state index in [9.17, 15) is 13.2 Å². The van der Waals surface area contributed by atoms with Crippen LogP contribution in [0.4, 0.5) is 13.2 Å². The second-order valence-corrected chi connectivity index (χ2v) is 13.3. The average molecular weight is 434 g/mol. The Morgan fingerprint density at radius 3 is 1.11 bits per heavy atom. The first-order valence-corrected chi connectivity index (χ1v) is 12.8. The van der Waals surface area contributed by atoms with Crippen LogP contribution in [0.2, 0.25) is 5.71 Å². The minimum Gasteiger partial charge on any atom is -0.542 e. The van der Waals surface area contributed by atoms with Crippen molar-refractivity contribution in [3.8, 4) is 0 Å². The predicted molar refractivity (Wildman–Crippen MR) is 101 cm³/mol. The number of rotatable bonds is 3. The number of benzene rings is 3. The summed E-state index contributed by atoms with van der Waals surface area (Å²) >= 11 is -2.29. The molecule has 0 atom stereocenters. The molecule has 0 aromatic heterocycles. The third-order valence-corrected chi connectivity index (χ3v) is 12.4. The van der Waals surface area contributed by atoms with Gasteiger partial charge in [-0.3, -0.25) is 0 Å². The quantitative estimate of drug-likeness (QED) is 0.593. The summed E-state index contributed by atoms with van der Waals surface area (Å²) in [5, 5.41) is 8.78. The fraction of sp³-hybridized carbons (Fsp3) is 0.0952. The molecule has 27 heavy (non-hydrogen) atoms. The molecule has 0 aliphatic rings. The molecule has 0 N–H and O–H groups in total. The van der Waals surface area contributed by atoms with E-state index in [1.54, 1.807) is 0 Å². The summed E-state index contributed by atoms with van der Waals surface area (Å²) in [5.41, 5.74) is 2.47. The van der Waals surface area contributed by atoms with E-state index in [0.717, 1.165) is 0 Å². The van der Waals surface area contributed by atoms with Gasteiger partial charge in [-0.05, 0) is 0 Å². The molecular formula is C21H18AsF3O2. The van der Waals surface area contributed by atoms with Crippen molar-refractivity contribution in [1.29, 1.82) is 0 Å². The van der Waals surface area contributed by atoms with E-state index < -0.39 is 25.7 Å². The van der Waals surface area contributed by atoms with Crippen molar-refractivity contribution in [2.24, 2.45) is 0 Å². The topological polar surface area (TPSA) is 40.1 Å². The molecule has 0 radical (unpaired) electrons. The van der Waals surface area contributed by atoms with Crippen molar-refractivity contribution in [2.75, 3.05) is 0 Å². The van der Waals surface area contributed by atoms with Crippen LogP contribution in [0.3, 0.4) is 0 Å². The summed E-state index contributed by atoms with van der Waals surface area (Å²) in [6.45, 7) is 0. The summed E-state index contributed by atoms with van der Waals surface area (Å²) in [7, 11) is 0. The van der Waals surface area contributed by atoms with Crippen LogP contribution in [0.25, 0.3) is 0 Å². The van der Waals surface area contributed by atoms with Gasteiger partial charge in [0.15, 0.2) is 0 Å². The molecule has 3 rings (SSSR count). The number of carboxylic acids is 1. The predicted octanol–water partition coefficient (Wildman–Crippen LogP) is 2.09. The Hall–Kier alpha value is -2.52. The molecule has 0 fully saturated rings. The van der Waals surface area contributed by atoms with Gasteiger partial charge in [0.05, 0.1) is 0 Å². The van der Waals surface area contributed by atoms with E-state index in [1.807, 2.05) is 0 Å². The first kappa shape index (κ1) is 20.8. The summed E-state index contributed by atoms with van der Waals surface area (Å²) in [4.78, 5) is 8.78. The van der Waals surface area contributed by atoms with Crippen LogP contribution in [0, 0.1) is 0 Å². The number of hydrogen-bond acceptors (Lipinski definition) is 2. The van der Waals surface area contributed by atoms with Gasteiger partial charge in [-0.1, -0.05) is 0 Å². The summed E-state index contributed by atoms with van der Waals surface area (Å²) in [6, 6.07) is 32.9. The number of hydrogen-bond donors (Lipinski definition) is 0. The summed E-state index contributed by atoms with van der Waals surface area (Å²) < 4.78 is 36.0. The van der Waals surface area contributed by atoms with E-state index in [-0.39, 0.29) is 0 Å². The molecule has 6 heteroatoms. The number of carbonyl (C=O) groups is 1.